The number of nitrogens with one attached hydrogen (secondary N) is 1. The van der Waals surface area contributed by atoms with Crippen molar-refractivity contribution in [3.8, 4) is 0 Å². The number of aliphatic hydroxyl groups excluding tert-OH is 1. The molecule has 2 heteroatoms. The van der Waals surface area contributed by atoms with Gasteiger partial charge in [0.15, 0.2) is 0 Å². The Kier molecular flexibility index (Phi) is 2.97. The van der Waals surface area contributed by atoms with Crippen molar-refractivity contribution in [2.45, 2.75) is 70.4 Å². The minimum absolute atomic E-state index is 0.0333. The summed E-state index contributed by atoms with van der Waals surface area (Å²) in [6.45, 7) is 4.92. The minimum Gasteiger partial charge on any atom is -0.386 e. The van der Waals surface area contributed by atoms with E-state index in [9.17, 15) is 5.11 Å². The van der Waals surface area contributed by atoms with Crippen molar-refractivity contribution in [2.75, 3.05) is 13.1 Å². The molecule has 2 atom stereocenters. The zero-order valence-electron chi connectivity index (χ0n) is 12.4. The average molecular weight is 264 g/mol. The standard InChI is InChI=1S/C17H29NO/c1-12(18-4-2-3-5-18)16(19)17-9-13-6-14(10-17)8-15(7-13)11-17/h12-16,19H,2-11H2,1H3/p+1/t12-,13?,14?,15?,16+,17?/m0/s1. The SMILES string of the molecule is C[C@@H]([C@@H](O)C12CC3CC(CC(C3)C1)C2)[NH+]1CCCC1. The highest BCUT2D eigenvalue weighted by molar-refractivity contribution is 5.05. The molecule has 1 aliphatic heterocycles. The third-order valence-corrected chi connectivity index (χ3v) is 7.08. The number of hydrogen-bond donors (Lipinski definition) is 2. The van der Waals surface area contributed by atoms with E-state index in [1.165, 1.54) is 64.5 Å². The molecule has 4 saturated carbocycles. The van der Waals surface area contributed by atoms with Crippen LogP contribution in [0.1, 0.15) is 58.3 Å². The molecule has 0 amide bonds. The van der Waals surface area contributed by atoms with Gasteiger partial charge in [-0.2, -0.15) is 0 Å². The van der Waals surface area contributed by atoms with Crippen molar-refractivity contribution in [3.05, 3.63) is 0 Å². The fourth-order valence-electron chi connectivity index (χ4n) is 6.58. The summed E-state index contributed by atoms with van der Waals surface area (Å²) in [5.74, 6) is 2.88. The van der Waals surface area contributed by atoms with Crippen LogP contribution in [0, 0.1) is 23.2 Å². The molecule has 2 N–H and O–H groups in total. The lowest BCUT2D eigenvalue weighted by Crippen LogP contribution is -3.15. The van der Waals surface area contributed by atoms with Gasteiger partial charge in [0.05, 0.1) is 13.1 Å². The van der Waals surface area contributed by atoms with Gasteiger partial charge < -0.3 is 10.0 Å². The van der Waals surface area contributed by atoms with Crippen molar-refractivity contribution in [2.24, 2.45) is 23.2 Å². The molecule has 108 valence electrons. The molecule has 0 spiro atoms. The Hall–Kier alpha value is -0.0800. The van der Waals surface area contributed by atoms with Gasteiger partial charge in [0.1, 0.15) is 12.1 Å². The van der Waals surface area contributed by atoms with E-state index in [-0.39, 0.29) is 6.10 Å². The lowest BCUT2D eigenvalue weighted by atomic mass is 9.47. The average Bonchev–Trinajstić information content (AvgIpc) is 2.89. The third-order valence-electron chi connectivity index (χ3n) is 7.08. The van der Waals surface area contributed by atoms with E-state index in [1.54, 1.807) is 4.90 Å². The lowest BCUT2D eigenvalue weighted by molar-refractivity contribution is -0.916. The van der Waals surface area contributed by atoms with Crippen LogP contribution in [0.3, 0.4) is 0 Å². The number of hydrogen-bond acceptors (Lipinski definition) is 1. The first kappa shape index (κ1) is 12.6. The van der Waals surface area contributed by atoms with Crippen LogP contribution < -0.4 is 4.90 Å². The summed E-state index contributed by atoms with van der Waals surface area (Å²) in [6, 6.07) is 0.471. The van der Waals surface area contributed by atoms with Gasteiger partial charge in [0, 0.05) is 18.3 Å². The lowest BCUT2D eigenvalue weighted by Gasteiger charge is -2.59. The van der Waals surface area contributed by atoms with Crippen LogP contribution in [0.5, 0.6) is 0 Å². The molecule has 0 unspecified atom stereocenters. The highest BCUT2D eigenvalue weighted by Gasteiger charge is 2.56. The van der Waals surface area contributed by atoms with Crippen molar-refractivity contribution in [1.82, 2.24) is 0 Å². The van der Waals surface area contributed by atoms with Crippen LogP contribution in [0.25, 0.3) is 0 Å². The normalized spacial score (nSPS) is 48.6. The zero-order chi connectivity index (χ0) is 13.0. The largest absolute Gasteiger partial charge is 0.386 e. The summed E-state index contributed by atoms with van der Waals surface area (Å²) in [5, 5.41) is 11.1. The van der Waals surface area contributed by atoms with Gasteiger partial charge in [-0.15, -0.1) is 0 Å². The summed E-state index contributed by atoms with van der Waals surface area (Å²) in [6.07, 6.45) is 11.2. The molecule has 1 heterocycles. The minimum atomic E-state index is -0.0333. The van der Waals surface area contributed by atoms with Crippen molar-refractivity contribution in [1.29, 1.82) is 0 Å². The molecule has 0 aromatic carbocycles. The maximum Gasteiger partial charge on any atom is 0.111 e. The maximum atomic E-state index is 11.1. The van der Waals surface area contributed by atoms with Gasteiger partial charge in [0.2, 0.25) is 0 Å². The summed E-state index contributed by atoms with van der Waals surface area (Å²) >= 11 is 0. The first-order chi connectivity index (χ1) is 9.16. The Morgan fingerprint density at radius 2 is 1.42 bits per heavy atom. The number of quaternary nitrogens is 1. The molecule has 19 heavy (non-hydrogen) atoms. The second-order valence-electron chi connectivity index (χ2n) is 8.38. The molecule has 2 nitrogen and oxygen atoms in total. The molecule has 4 aliphatic carbocycles. The summed E-state index contributed by atoms with van der Waals surface area (Å²) in [4.78, 5) is 1.68. The fraction of sp³-hybridized carbons (Fsp3) is 1.00. The molecule has 5 fully saturated rings. The number of aliphatic hydroxyl groups is 1. The van der Waals surface area contributed by atoms with Crippen LogP contribution in [0.2, 0.25) is 0 Å². The number of likely N-dealkylation sites (tertiary alicyclic amines) is 1. The molecule has 1 saturated heterocycles. The molecular formula is C17H30NO+. The van der Waals surface area contributed by atoms with E-state index in [1.807, 2.05) is 0 Å². The summed E-state index contributed by atoms with van der Waals surface area (Å²) in [7, 11) is 0. The van der Waals surface area contributed by atoms with E-state index in [4.69, 9.17) is 0 Å². The molecule has 0 aromatic rings. The summed E-state index contributed by atoms with van der Waals surface area (Å²) < 4.78 is 0. The van der Waals surface area contributed by atoms with Gasteiger partial charge >= 0.3 is 0 Å². The maximum absolute atomic E-state index is 11.1. The zero-order valence-corrected chi connectivity index (χ0v) is 12.4. The number of rotatable bonds is 3. The van der Waals surface area contributed by atoms with Crippen LogP contribution in [-0.2, 0) is 0 Å². The first-order valence-electron chi connectivity index (χ1n) is 8.69. The topological polar surface area (TPSA) is 24.7 Å². The second-order valence-corrected chi connectivity index (χ2v) is 8.38. The van der Waals surface area contributed by atoms with E-state index in [2.05, 4.69) is 6.92 Å². The second kappa shape index (κ2) is 4.46. The van der Waals surface area contributed by atoms with E-state index >= 15 is 0 Å². The van der Waals surface area contributed by atoms with Crippen molar-refractivity contribution < 1.29 is 10.0 Å². The Morgan fingerprint density at radius 1 is 0.947 bits per heavy atom. The molecule has 4 bridgehead atoms. The van der Waals surface area contributed by atoms with E-state index in [0.717, 1.165) is 17.8 Å². The van der Waals surface area contributed by atoms with Crippen LogP contribution in [0.15, 0.2) is 0 Å². The molecule has 0 aromatic heterocycles. The quantitative estimate of drug-likeness (QED) is 0.796. The molecule has 5 rings (SSSR count). The Morgan fingerprint density at radius 3 is 1.89 bits per heavy atom. The van der Waals surface area contributed by atoms with Gasteiger partial charge in [-0.05, 0) is 63.2 Å². The fourth-order valence-corrected chi connectivity index (χ4v) is 6.58. The van der Waals surface area contributed by atoms with Gasteiger partial charge in [-0.3, -0.25) is 0 Å². The van der Waals surface area contributed by atoms with Gasteiger partial charge in [-0.1, -0.05) is 0 Å². The Bertz CT molecular complexity index is 312. The highest BCUT2D eigenvalue weighted by Crippen LogP contribution is 2.61. The first-order valence-corrected chi connectivity index (χ1v) is 8.69. The smallest absolute Gasteiger partial charge is 0.111 e. The van der Waals surface area contributed by atoms with E-state index < -0.39 is 0 Å². The third kappa shape index (κ3) is 1.98. The van der Waals surface area contributed by atoms with Gasteiger partial charge in [-0.25, -0.2) is 0 Å². The predicted octanol–water partition coefficient (Wildman–Crippen LogP) is 1.63. The Labute approximate surface area is 117 Å². The summed E-state index contributed by atoms with van der Waals surface area (Å²) in [5.41, 5.74) is 0.323. The predicted molar refractivity (Wildman–Crippen MR) is 76.0 cm³/mol. The van der Waals surface area contributed by atoms with Crippen LogP contribution >= 0.6 is 0 Å². The molecular weight excluding hydrogens is 234 g/mol. The van der Waals surface area contributed by atoms with Crippen LogP contribution in [-0.4, -0.2) is 30.3 Å². The van der Waals surface area contributed by atoms with Crippen molar-refractivity contribution in [3.63, 3.8) is 0 Å². The monoisotopic (exact) mass is 264 g/mol. The van der Waals surface area contributed by atoms with E-state index in [0.29, 0.717) is 11.5 Å². The highest BCUT2D eigenvalue weighted by atomic mass is 16.3. The molecule has 0 radical (unpaired) electrons. The van der Waals surface area contributed by atoms with Crippen LogP contribution in [0.4, 0.5) is 0 Å². The van der Waals surface area contributed by atoms with Crippen molar-refractivity contribution >= 4 is 0 Å². The van der Waals surface area contributed by atoms with Gasteiger partial charge in [0.25, 0.3) is 0 Å². The Balaban J connectivity index is 1.53. The molecule has 5 aliphatic rings.